The Morgan fingerprint density at radius 3 is 2.63 bits per heavy atom. The maximum Gasteiger partial charge on any atom is 0.253 e. The van der Waals surface area contributed by atoms with E-state index in [0.29, 0.717) is 31.8 Å². The first-order chi connectivity index (χ1) is 12.9. The second kappa shape index (κ2) is 8.21. The Labute approximate surface area is 160 Å². The molecule has 0 aromatic heterocycles. The first-order valence-corrected chi connectivity index (χ1v) is 10.3. The van der Waals surface area contributed by atoms with Gasteiger partial charge in [-0.2, -0.15) is 4.31 Å². The number of morpholine rings is 1. The van der Waals surface area contributed by atoms with E-state index in [-0.39, 0.29) is 16.9 Å². The Morgan fingerprint density at radius 2 is 1.93 bits per heavy atom. The van der Waals surface area contributed by atoms with Crippen molar-refractivity contribution in [2.45, 2.75) is 24.5 Å². The summed E-state index contributed by atoms with van der Waals surface area (Å²) in [6.07, 6.45) is -0.143. The number of benzene rings is 2. The molecular weight excluding hydrogens is 364 g/mol. The second-order valence-corrected chi connectivity index (χ2v) is 8.66. The molecule has 0 saturated carbocycles. The summed E-state index contributed by atoms with van der Waals surface area (Å²) < 4.78 is 32.7. The van der Waals surface area contributed by atoms with E-state index in [1.807, 2.05) is 37.3 Å². The van der Waals surface area contributed by atoms with E-state index < -0.39 is 10.0 Å². The van der Waals surface area contributed by atoms with E-state index in [9.17, 15) is 13.2 Å². The normalized spacial score (nSPS) is 18.2. The minimum Gasteiger partial charge on any atom is -0.376 e. The molecule has 27 heavy (non-hydrogen) atoms. The topological polar surface area (TPSA) is 66.9 Å². The number of hydrogen-bond acceptors (Lipinski definition) is 4. The highest BCUT2D eigenvalue weighted by Gasteiger charge is 2.29. The molecule has 1 heterocycles. The summed E-state index contributed by atoms with van der Waals surface area (Å²) in [5, 5.41) is 0. The summed E-state index contributed by atoms with van der Waals surface area (Å²) in [6, 6.07) is 15.9. The minimum atomic E-state index is -3.65. The summed E-state index contributed by atoms with van der Waals surface area (Å²) in [6.45, 7) is 3.31. The van der Waals surface area contributed by atoms with Gasteiger partial charge in [0.05, 0.1) is 17.6 Å². The fourth-order valence-corrected chi connectivity index (χ4v) is 4.64. The number of ether oxygens (including phenoxy) is 1. The fraction of sp³-hybridized carbons (Fsp3) is 0.350. The van der Waals surface area contributed by atoms with Crippen LogP contribution in [0.25, 0.3) is 0 Å². The molecule has 0 radical (unpaired) electrons. The first-order valence-electron chi connectivity index (χ1n) is 8.89. The quantitative estimate of drug-likeness (QED) is 0.789. The van der Waals surface area contributed by atoms with Crippen molar-refractivity contribution in [3.63, 3.8) is 0 Å². The third kappa shape index (κ3) is 4.55. The molecule has 2 aromatic rings. The summed E-state index contributed by atoms with van der Waals surface area (Å²) in [7, 11) is -1.94. The van der Waals surface area contributed by atoms with Gasteiger partial charge in [0.15, 0.2) is 0 Å². The zero-order valence-corrected chi connectivity index (χ0v) is 16.4. The monoisotopic (exact) mass is 388 g/mol. The lowest BCUT2D eigenvalue weighted by molar-refractivity contribution is 0.0102. The van der Waals surface area contributed by atoms with Crippen molar-refractivity contribution in [2.75, 3.05) is 26.7 Å². The van der Waals surface area contributed by atoms with Crippen LogP contribution in [0.3, 0.4) is 0 Å². The summed E-state index contributed by atoms with van der Waals surface area (Å²) in [4.78, 5) is 14.5. The van der Waals surface area contributed by atoms with E-state index in [4.69, 9.17) is 4.74 Å². The molecule has 1 fully saturated rings. The van der Waals surface area contributed by atoms with Crippen LogP contribution in [0.1, 0.15) is 22.8 Å². The largest absolute Gasteiger partial charge is 0.376 e. The van der Waals surface area contributed by atoms with Crippen LogP contribution in [0.4, 0.5) is 0 Å². The van der Waals surface area contributed by atoms with Crippen molar-refractivity contribution in [1.82, 2.24) is 9.21 Å². The zero-order chi connectivity index (χ0) is 19.4. The van der Waals surface area contributed by atoms with Gasteiger partial charge in [0, 0.05) is 32.2 Å². The number of rotatable bonds is 5. The predicted octanol–water partition coefficient (Wildman–Crippen LogP) is 2.37. The predicted molar refractivity (Wildman–Crippen MR) is 103 cm³/mol. The molecule has 6 nitrogen and oxygen atoms in total. The SMILES string of the molecule is CC1CN(S(=O)(=O)c2cccc(C(=O)N(C)Cc3ccccc3)c2)CCO1. The smallest absolute Gasteiger partial charge is 0.253 e. The van der Waals surface area contributed by atoms with Crippen molar-refractivity contribution in [1.29, 1.82) is 0 Å². The van der Waals surface area contributed by atoms with Crippen LogP contribution in [-0.4, -0.2) is 56.4 Å². The molecule has 0 aliphatic carbocycles. The highest BCUT2D eigenvalue weighted by atomic mass is 32.2. The third-order valence-electron chi connectivity index (χ3n) is 4.53. The number of sulfonamides is 1. The average molecular weight is 388 g/mol. The molecule has 1 unspecified atom stereocenters. The lowest BCUT2D eigenvalue weighted by atomic mass is 10.1. The van der Waals surface area contributed by atoms with Crippen molar-refractivity contribution in [3.05, 3.63) is 65.7 Å². The van der Waals surface area contributed by atoms with Crippen molar-refractivity contribution >= 4 is 15.9 Å². The third-order valence-corrected chi connectivity index (χ3v) is 6.39. The number of nitrogens with zero attached hydrogens (tertiary/aromatic N) is 2. The number of amides is 1. The minimum absolute atomic E-state index is 0.135. The van der Waals surface area contributed by atoms with Crippen molar-refractivity contribution in [2.24, 2.45) is 0 Å². The molecule has 1 amide bonds. The Hall–Kier alpha value is -2.22. The maximum absolute atomic E-state index is 12.9. The number of hydrogen-bond donors (Lipinski definition) is 0. The van der Waals surface area contributed by atoms with Gasteiger partial charge < -0.3 is 9.64 Å². The highest BCUT2D eigenvalue weighted by molar-refractivity contribution is 7.89. The lowest BCUT2D eigenvalue weighted by Gasteiger charge is -2.30. The van der Waals surface area contributed by atoms with Gasteiger partial charge in [-0.15, -0.1) is 0 Å². The Morgan fingerprint density at radius 1 is 1.19 bits per heavy atom. The van der Waals surface area contributed by atoms with Crippen molar-refractivity contribution in [3.8, 4) is 0 Å². The van der Waals surface area contributed by atoms with Gasteiger partial charge in [0.1, 0.15) is 0 Å². The molecule has 2 aromatic carbocycles. The summed E-state index contributed by atoms with van der Waals surface area (Å²) in [5.74, 6) is -0.216. The molecular formula is C20H24N2O4S. The Kier molecular flexibility index (Phi) is 5.94. The summed E-state index contributed by atoms with van der Waals surface area (Å²) in [5.41, 5.74) is 1.37. The highest BCUT2D eigenvalue weighted by Crippen LogP contribution is 2.20. The number of carbonyl (C=O) groups is 1. The Balaban J connectivity index is 1.79. The fourth-order valence-electron chi connectivity index (χ4n) is 3.09. The van der Waals surface area contributed by atoms with E-state index in [0.717, 1.165) is 5.56 Å². The average Bonchev–Trinajstić information content (AvgIpc) is 2.68. The van der Waals surface area contributed by atoms with Gasteiger partial charge in [-0.05, 0) is 30.7 Å². The van der Waals surface area contributed by atoms with E-state index in [1.165, 1.54) is 16.4 Å². The van der Waals surface area contributed by atoms with E-state index in [2.05, 4.69) is 0 Å². The molecule has 3 rings (SSSR count). The van der Waals surface area contributed by atoms with E-state index in [1.54, 1.807) is 24.1 Å². The van der Waals surface area contributed by atoms with Crippen LogP contribution in [0.2, 0.25) is 0 Å². The molecule has 1 aliphatic heterocycles. The standard InChI is InChI=1S/C20H24N2O4S/c1-16-14-22(11-12-26-16)27(24,25)19-10-6-9-18(13-19)20(23)21(2)15-17-7-4-3-5-8-17/h3-10,13,16H,11-12,14-15H2,1-2H3. The molecule has 1 atom stereocenters. The molecule has 7 heteroatoms. The van der Waals surface area contributed by atoms with Gasteiger partial charge in [0.2, 0.25) is 10.0 Å². The Bertz CT molecular complexity index is 899. The second-order valence-electron chi connectivity index (χ2n) is 6.72. The molecule has 1 aliphatic rings. The van der Waals surface area contributed by atoms with E-state index >= 15 is 0 Å². The van der Waals surface area contributed by atoms with Gasteiger partial charge >= 0.3 is 0 Å². The van der Waals surface area contributed by atoms with Crippen LogP contribution in [0, 0.1) is 0 Å². The maximum atomic E-state index is 12.9. The molecule has 0 spiro atoms. The van der Waals surface area contributed by atoms with Crippen LogP contribution in [0.15, 0.2) is 59.5 Å². The van der Waals surface area contributed by atoms with Crippen molar-refractivity contribution < 1.29 is 17.9 Å². The van der Waals surface area contributed by atoms with Gasteiger partial charge in [-0.1, -0.05) is 36.4 Å². The van der Waals surface area contributed by atoms with Gasteiger partial charge in [-0.25, -0.2) is 8.42 Å². The zero-order valence-electron chi connectivity index (χ0n) is 15.5. The molecule has 0 bridgehead atoms. The van der Waals surface area contributed by atoms with Crippen LogP contribution < -0.4 is 0 Å². The molecule has 0 N–H and O–H groups in total. The van der Waals surface area contributed by atoms with Gasteiger partial charge in [0.25, 0.3) is 5.91 Å². The number of carbonyl (C=O) groups excluding carboxylic acids is 1. The van der Waals surface area contributed by atoms with Crippen LogP contribution in [-0.2, 0) is 21.3 Å². The van der Waals surface area contributed by atoms with Gasteiger partial charge in [-0.3, -0.25) is 4.79 Å². The summed E-state index contributed by atoms with van der Waals surface area (Å²) >= 11 is 0. The van der Waals surface area contributed by atoms with Crippen LogP contribution in [0.5, 0.6) is 0 Å². The molecule has 144 valence electrons. The lowest BCUT2D eigenvalue weighted by Crippen LogP contribution is -2.44. The first kappa shape index (κ1) is 19.5. The van der Waals surface area contributed by atoms with Crippen LogP contribution >= 0.6 is 0 Å². The molecule has 1 saturated heterocycles.